The second-order valence-electron chi connectivity index (χ2n) is 1.38. The van der Waals surface area contributed by atoms with Crippen LogP contribution in [0.15, 0.2) is 0 Å². The number of carbonyl (C=O) groups is 1. The minimum Gasteiger partial charge on any atom is -0.480 e. The van der Waals surface area contributed by atoms with Gasteiger partial charge in [0.25, 0.3) is 0 Å². The minimum absolute atomic E-state index is 0.639. The van der Waals surface area contributed by atoms with E-state index >= 15 is 0 Å². The Hall–Kier alpha value is -0.610. The molecule has 0 aromatic heterocycles. The predicted molar refractivity (Wildman–Crippen MR) is 27.2 cm³/mol. The SMILES string of the molecule is CON[C@@H](C)C(=O)O. The van der Waals surface area contributed by atoms with Crippen LogP contribution in [0.5, 0.6) is 0 Å². The van der Waals surface area contributed by atoms with Crippen molar-refractivity contribution < 1.29 is 14.7 Å². The van der Waals surface area contributed by atoms with E-state index in [1.165, 1.54) is 14.0 Å². The van der Waals surface area contributed by atoms with Gasteiger partial charge in [-0.25, -0.2) is 0 Å². The molecule has 0 bridgehead atoms. The Morgan fingerprint density at radius 3 is 2.50 bits per heavy atom. The van der Waals surface area contributed by atoms with Crippen molar-refractivity contribution >= 4 is 5.97 Å². The van der Waals surface area contributed by atoms with Gasteiger partial charge in [0.2, 0.25) is 0 Å². The van der Waals surface area contributed by atoms with Crippen molar-refractivity contribution in [3.63, 3.8) is 0 Å². The van der Waals surface area contributed by atoms with Gasteiger partial charge >= 0.3 is 5.97 Å². The van der Waals surface area contributed by atoms with Gasteiger partial charge in [-0.05, 0) is 6.92 Å². The molecule has 0 aliphatic rings. The van der Waals surface area contributed by atoms with Gasteiger partial charge in [-0.2, -0.15) is 5.48 Å². The van der Waals surface area contributed by atoms with Crippen LogP contribution in [-0.2, 0) is 9.63 Å². The molecule has 0 aromatic carbocycles. The van der Waals surface area contributed by atoms with E-state index in [1.807, 2.05) is 0 Å². The molecule has 4 nitrogen and oxygen atoms in total. The van der Waals surface area contributed by atoms with Crippen LogP contribution in [0.2, 0.25) is 0 Å². The summed E-state index contributed by atoms with van der Waals surface area (Å²) in [4.78, 5) is 14.3. The standard InChI is InChI=1S/C4H9NO3/c1-3(4(6)7)5-8-2/h3,5H,1-2H3,(H,6,7)/t3-/m0/s1. The average Bonchev–Trinajstić information content (AvgIpc) is 1.67. The number of hydroxylamine groups is 1. The summed E-state index contributed by atoms with van der Waals surface area (Å²) in [6, 6.07) is -0.639. The zero-order chi connectivity index (χ0) is 6.57. The van der Waals surface area contributed by atoms with Gasteiger partial charge in [0.05, 0.1) is 7.11 Å². The number of rotatable bonds is 3. The first-order valence-electron chi connectivity index (χ1n) is 2.19. The Kier molecular flexibility index (Phi) is 3.14. The van der Waals surface area contributed by atoms with Gasteiger partial charge < -0.3 is 9.94 Å². The average molecular weight is 119 g/mol. The monoisotopic (exact) mass is 119 g/mol. The second kappa shape index (κ2) is 3.40. The van der Waals surface area contributed by atoms with Crippen molar-refractivity contribution in [3.8, 4) is 0 Å². The molecule has 0 heterocycles. The molecule has 0 aromatic rings. The van der Waals surface area contributed by atoms with Gasteiger partial charge in [0, 0.05) is 0 Å². The lowest BCUT2D eigenvalue weighted by Crippen LogP contribution is -2.32. The van der Waals surface area contributed by atoms with Crippen LogP contribution < -0.4 is 5.48 Å². The van der Waals surface area contributed by atoms with Gasteiger partial charge in [-0.1, -0.05) is 0 Å². The van der Waals surface area contributed by atoms with E-state index in [9.17, 15) is 4.79 Å². The van der Waals surface area contributed by atoms with E-state index in [-0.39, 0.29) is 0 Å². The molecule has 0 aliphatic heterocycles. The predicted octanol–water partition coefficient (Wildman–Crippen LogP) is -0.390. The minimum atomic E-state index is -0.924. The van der Waals surface area contributed by atoms with Crippen LogP contribution in [0.1, 0.15) is 6.92 Å². The largest absolute Gasteiger partial charge is 0.480 e. The van der Waals surface area contributed by atoms with E-state index in [0.717, 1.165) is 0 Å². The molecule has 8 heavy (non-hydrogen) atoms. The number of carboxylic acid groups (broad SMARTS) is 1. The van der Waals surface area contributed by atoms with Gasteiger partial charge in [-0.3, -0.25) is 4.79 Å². The summed E-state index contributed by atoms with van der Waals surface area (Å²) >= 11 is 0. The quantitative estimate of drug-likeness (QED) is 0.497. The van der Waals surface area contributed by atoms with Crippen molar-refractivity contribution in [1.29, 1.82) is 0 Å². The lowest BCUT2D eigenvalue weighted by atomic mass is 10.4. The molecule has 2 N–H and O–H groups in total. The molecule has 0 saturated carbocycles. The van der Waals surface area contributed by atoms with Crippen molar-refractivity contribution in [3.05, 3.63) is 0 Å². The summed E-state index contributed by atoms with van der Waals surface area (Å²) in [5.74, 6) is -0.924. The number of hydrogen-bond donors (Lipinski definition) is 2. The summed E-state index contributed by atoms with van der Waals surface area (Å²) < 4.78 is 0. The summed E-state index contributed by atoms with van der Waals surface area (Å²) in [6.07, 6.45) is 0. The highest BCUT2D eigenvalue weighted by atomic mass is 16.6. The third-order valence-corrected chi connectivity index (χ3v) is 0.665. The number of aliphatic carboxylic acids is 1. The number of nitrogens with one attached hydrogen (secondary N) is 1. The molecular weight excluding hydrogens is 110 g/mol. The fourth-order valence-electron chi connectivity index (χ4n) is 0.227. The maximum absolute atomic E-state index is 9.95. The molecule has 0 amide bonds. The topological polar surface area (TPSA) is 58.6 Å². The first kappa shape index (κ1) is 7.39. The van der Waals surface area contributed by atoms with Crippen LogP contribution in [0.4, 0.5) is 0 Å². The normalized spacial score (nSPS) is 13.2. The van der Waals surface area contributed by atoms with Crippen molar-refractivity contribution in [2.24, 2.45) is 0 Å². The van der Waals surface area contributed by atoms with Crippen LogP contribution in [0.3, 0.4) is 0 Å². The lowest BCUT2D eigenvalue weighted by molar-refractivity contribution is -0.142. The molecule has 0 spiro atoms. The molecule has 4 heteroatoms. The second-order valence-corrected chi connectivity index (χ2v) is 1.38. The Balaban J connectivity index is 3.32. The fraction of sp³-hybridized carbons (Fsp3) is 0.750. The maximum atomic E-state index is 9.95. The molecule has 48 valence electrons. The third kappa shape index (κ3) is 2.54. The molecule has 0 aliphatic carbocycles. The van der Waals surface area contributed by atoms with Crippen molar-refractivity contribution in [2.75, 3.05) is 7.11 Å². The smallest absolute Gasteiger partial charge is 0.322 e. The van der Waals surface area contributed by atoms with E-state index < -0.39 is 12.0 Å². The molecular formula is C4H9NO3. The van der Waals surface area contributed by atoms with Crippen LogP contribution in [0, 0.1) is 0 Å². The molecule has 0 rings (SSSR count). The van der Waals surface area contributed by atoms with Gasteiger partial charge in [0.15, 0.2) is 0 Å². The molecule has 0 unspecified atom stereocenters. The van der Waals surface area contributed by atoms with Crippen molar-refractivity contribution in [2.45, 2.75) is 13.0 Å². The third-order valence-electron chi connectivity index (χ3n) is 0.665. The summed E-state index contributed by atoms with van der Waals surface area (Å²) in [6.45, 7) is 1.49. The molecule has 0 radical (unpaired) electrons. The fourth-order valence-corrected chi connectivity index (χ4v) is 0.227. The summed E-state index contributed by atoms with van der Waals surface area (Å²) in [5.41, 5.74) is 2.25. The van der Waals surface area contributed by atoms with E-state index in [0.29, 0.717) is 0 Å². The van der Waals surface area contributed by atoms with Crippen LogP contribution >= 0.6 is 0 Å². The summed E-state index contributed by atoms with van der Waals surface area (Å²) in [7, 11) is 1.37. The lowest BCUT2D eigenvalue weighted by Gasteiger charge is -2.03. The summed E-state index contributed by atoms with van der Waals surface area (Å²) in [5, 5.41) is 8.17. The number of carboxylic acids is 1. The first-order valence-corrected chi connectivity index (χ1v) is 2.19. The zero-order valence-corrected chi connectivity index (χ0v) is 4.84. The van der Waals surface area contributed by atoms with E-state index in [4.69, 9.17) is 5.11 Å². The zero-order valence-electron chi connectivity index (χ0n) is 4.84. The Labute approximate surface area is 47.4 Å². The first-order chi connectivity index (χ1) is 3.68. The molecule has 0 saturated heterocycles. The maximum Gasteiger partial charge on any atom is 0.322 e. The van der Waals surface area contributed by atoms with Gasteiger partial charge in [0.1, 0.15) is 6.04 Å². The molecule has 0 fully saturated rings. The van der Waals surface area contributed by atoms with Crippen LogP contribution in [-0.4, -0.2) is 24.2 Å². The highest BCUT2D eigenvalue weighted by molar-refractivity contribution is 5.72. The molecule has 1 atom stereocenters. The highest BCUT2D eigenvalue weighted by Crippen LogP contribution is 1.77. The Morgan fingerprint density at radius 1 is 1.88 bits per heavy atom. The van der Waals surface area contributed by atoms with Crippen molar-refractivity contribution in [1.82, 2.24) is 5.48 Å². The van der Waals surface area contributed by atoms with E-state index in [2.05, 4.69) is 10.3 Å². The van der Waals surface area contributed by atoms with Crippen LogP contribution in [0.25, 0.3) is 0 Å². The number of hydrogen-bond acceptors (Lipinski definition) is 3. The highest BCUT2D eigenvalue weighted by Gasteiger charge is 2.07. The van der Waals surface area contributed by atoms with Gasteiger partial charge in [-0.15, -0.1) is 0 Å². The Morgan fingerprint density at radius 2 is 2.38 bits per heavy atom. The Bertz CT molecular complexity index is 83.4. The van der Waals surface area contributed by atoms with E-state index in [1.54, 1.807) is 0 Å².